The summed E-state index contributed by atoms with van der Waals surface area (Å²) in [6.07, 6.45) is 3.39. The van der Waals surface area contributed by atoms with E-state index in [1.54, 1.807) is 6.07 Å². The molecule has 0 saturated carbocycles. The van der Waals surface area contributed by atoms with Crippen LogP contribution in [0.15, 0.2) is 29.8 Å². The van der Waals surface area contributed by atoms with E-state index in [9.17, 15) is 5.11 Å². The summed E-state index contributed by atoms with van der Waals surface area (Å²) in [6, 6.07) is 5.69. The lowest BCUT2D eigenvalue weighted by molar-refractivity contribution is 0.315. The highest BCUT2D eigenvalue weighted by Crippen LogP contribution is 2.40. The summed E-state index contributed by atoms with van der Waals surface area (Å²) >= 11 is 0. The Morgan fingerprint density at radius 3 is 2.45 bits per heavy atom. The Hall–Kier alpha value is -1.44. The molecule has 0 heterocycles. The average Bonchev–Trinajstić information content (AvgIpc) is 2.37. The molecule has 0 bridgehead atoms. The number of benzene rings is 1. The minimum absolute atomic E-state index is 0.122. The van der Waals surface area contributed by atoms with Crippen LogP contribution < -0.4 is 4.74 Å². The first-order valence-electron chi connectivity index (χ1n) is 7.42. The monoisotopic (exact) mass is 276 g/mol. The van der Waals surface area contributed by atoms with Crippen LogP contribution in [0.4, 0.5) is 0 Å². The van der Waals surface area contributed by atoms with Crippen LogP contribution in [0.2, 0.25) is 0 Å². The molecule has 0 amide bonds. The molecule has 0 aliphatic rings. The Morgan fingerprint density at radius 1 is 1.30 bits per heavy atom. The van der Waals surface area contributed by atoms with Crippen molar-refractivity contribution in [3.8, 4) is 11.5 Å². The summed E-state index contributed by atoms with van der Waals surface area (Å²) in [7, 11) is 0. The molecule has 2 nitrogen and oxygen atoms in total. The van der Waals surface area contributed by atoms with Crippen LogP contribution in [0.3, 0.4) is 0 Å². The molecular formula is C18H28O2. The first-order chi connectivity index (χ1) is 9.29. The summed E-state index contributed by atoms with van der Waals surface area (Å²) in [6.45, 7) is 13.5. The van der Waals surface area contributed by atoms with Gasteiger partial charge in [0.15, 0.2) is 11.5 Å². The third-order valence-corrected chi connectivity index (χ3v) is 3.58. The molecule has 1 atom stereocenters. The summed E-state index contributed by atoms with van der Waals surface area (Å²) in [5.74, 6) is 1.09. The molecule has 0 fully saturated rings. The van der Waals surface area contributed by atoms with E-state index in [1.165, 1.54) is 11.1 Å². The van der Waals surface area contributed by atoms with Crippen LogP contribution in [0.25, 0.3) is 0 Å². The van der Waals surface area contributed by atoms with Gasteiger partial charge in [0.1, 0.15) is 0 Å². The van der Waals surface area contributed by atoms with Gasteiger partial charge < -0.3 is 9.84 Å². The molecule has 0 spiro atoms. The number of hydrogen-bond acceptors (Lipinski definition) is 2. The van der Waals surface area contributed by atoms with Crippen LogP contribution in [0.5, 0.6) is 11.5 Å². The maximum atomic E-state index is 9.84. The number of phenolic OH excluding ortho intramolecular Hbond substituents is 1. The highest BCUT2D eigenvalue weighted by molar-refractivity contribution is 5.44. The van der Waals surface area contributed by atoms with Crippen LogP contribution in [0, 0.1) is 5.41 Å². The van der Waals surface area contributed by atoms with Crippen molar-refractivity contribution in [1.82, 2.24) is 0 Å². The molecule has 1 N–H and O–H groups in total. The lowest BCUT2D eigenvalue weighted by Crippen LogP contribution is -2.17. The number of ether oxygens (including phenoxy) is 1. The van der Waals surface area contributed by atoms with Gasteiger partial charge in [-0.1, -0.05) is 45.4 Å². The van der Waals surface area contributed by atoms with Crippen molar-refractivity contribution in [1.29, 1.82) is 0 Å². The predicted octanol–water partition coefficient (Wildman–Crippen LogP) is 5.28. The molecule has 1 rings (SSSR count). The normalized spacial score (nSPS) is 14.2. The Balaban J connectivity index is 3.24. The second kappa shape index (κ2) is 6.83. The van der Waals surface area contributed by atoms with Gasteiger partial charge in [0.05, 0.1) is 6.61 Å². The van der Waals surface area contributed by atoms with E-state index < -0.39 is 0 Å². The van der Waals surface area contributed by atoms with Crippen molar-refractivity contribution in [2.75, 3.05) is 6.61 Å². The maximum Gasteiger partial charge on any atom is 0.161 e. The lowest BCUT2D eigenvalue weighted by Gasteiger charge is -2.30. The first-order valence-corrected chi connectivity index (χ1v) is 7.42. The van der Waals surface area contributed by atoms with E-state index in [-0.39, 0.29) is 11.2 Å². The fraction of sp³-hybridized carbons (Fsp3) is 0.556. The summed E-state index contributed by atoms with van der Waals surface area (Å²) in [4.78, 5) is 0. The molecule has 1 unspecified atom stereocenters. The number of hydrogen-bond donors (Lipinski definition) is 1. The quantitative estimate of drug-likeness (QED) is 0.742. The fourth-order valence-electron chi connectivity index (χ4n) is 2.24. The van der Waals surface area contributed by atoms with Crippen molar-refractivity contribution in [2.24, 2.45) is 5.41 Å². The minimum atomic E-state index is 0.122. The highest BCUT2D eigenvalue weighted by Gasteiger charge is 2.25. The SMILES string of the molecule is CCOc1cc(C(/C=C(/C)CC)C(C)(C)C)ccc1O. The lowest BCUT2D eigenvalue weighted by atomic mass is 9.75. The van der Waals surface area contributed by atoms with Crippen molar-refractivity contribution >= 4 is 0 Å². The molecule has 20 heavy (non-hydrogen) atoms. The van der Waals surface area contributed by atoms with Crippen molar-refractivity contribution in [2.45, 2.75) is 53.9 Å². The highest BCUT2D eigenvalue weighted by atomic mass is 16.5. The van der Waals surface area contributed by atoms with E-state index in [0.717, 1.165) is 6.42 Å². The number of aromatic hydroxyl groups is 1. The Kier molecular flexibility index (Phi) is 5.67. The number of phenols is 1. The smallest absolute Gasteiger partial charge is 0.161 e. The molecule has 0 saturated heterocycles. The van der Waals surface area contributed by atoms with Crippen molar-refractivity contribution in [3.63, 3.8) is 0 Å². The van der Waals surface area contributed by atoms with Gasteiger partial charge in [0, 0.05) is 5.92 Å². The molecule has 112 valence electrons. The summed E-state index contributed by atoms with van der Waals surface area (Å²) < 4.78 is 5.50. The second-order valence-corrected chi connectivity index (χ2v) is 6.37. The zero-order valence-electron chi connectivity index (χ0n) is 13.7. The van der Waals surface area contributed by atoms with Gasteiger partial charge in [-0.25, -0.2) is 0 Å². The maximum absolute atomic E-state index is 9.84. The van der Waals surface area contributed by atoms with E-state index in [1.807, 2.05) is 19.1 Å². The fourth-order valence-corrected chi connectivity index (χ4v) is 2.24. The minimum Gasteiger partial charge on any atom is -0.504 e. The third kappa shape index (κ3) is 4.29. The number of allylic oxidation sites excluding steroid dienone is 2. The topological polar surface area (TPSA) is 29.5 Å². The molecule has 0 aliphatic carbocycles. The van der Waals surface area contributed by atoms with E-state index in [4.69, 9.17) is 4.74 Å². The molecule has 1 aromatic rings. The molecule has 0 aromatic heterocycles. The van der Waals surface area contributed by atoms with Gasteiger partial charge in [-0.05, 0) is 43.4 Å². The van der Waals surface area contributed by atoms with Crippen LogP contribution in [-0.4, -0.2) is 11.7 Å². The first kappa shape index (κ1) is 16.6. The van der Waals surface area contributed by atoms with Crippen molar-refractivity contribution in [3.05, 3.63) is 35.4 Å². The zero-order valence-corrected chi connectivity index (χ0v) is 13.7. The van der Waals surface area contributed by atoms with Crippen LogP contribution in [-0.2, 0) is 0 Å². The summed E-state index contributed by atoms with van der Waals surface area (Å²) in [5, 5.41) is 9.84. The van der Waals surface area contributed by atoms with Crippen LogP contribution >= 0.6 is 0 Å². The molecule has 2 heteroatoms. The van der Waals surface area contributed by atoms with Crippen LogP contribution in [0.1, 0.15) is 59.4 Å². The van der Waals surface area contributed by atoms with Gasteiger partial charge in [-0.3, -0.25) is 0 Å². The molecular weight excluding hydrogens is 248 g/mol. The van der Waals surface area contributed by atoms with E-state index in [0.29, 0.717) is 18.3 Å². The van der Waals surface area contributed by atoms with Gasteiger partial charge >= 0.3 is 0 Å². The third-order valence-electron chi connectivity index (χ3n) is 3.58. The predicted molar refractivity (Wildman–Crippen MR) is 85.5 cm³/mol. The van der Waals surface area contributed by atoms with Gasteiger partial charge in [0.25, 0.3) is 0 Å². The van der Waals surface area contributed by atoms with Crippen molar-refractivity contribution < 1.29 is 9.84 Å². The van der Waals surface area contributed by atoms with E-state index in [2.05, 4.69) is 40.7 Å². The largest absolute Gasteiger partial charge is 0.504 e. The average molecular weight is 276 g/mol. The van der Waals surface area contributed by atoms with E-state index >= 15 is 0 Å². The van der Waals surface area contributed by atoms with Gasteiger partial charge in [-0.2, -0.15) is 0 Å². The Labute approximate surface area is 123 Å². The Morgan fingerprint density at radius 2 is 1.95 bits per heavy atom. The molecule has 0 aliphatic heterocycles. The Bertz CT molecular complexity index is 467. The summed E-state index contributed by atoms with van der Waals surface area (Å²) in [5.41, 5.74) is 2.69. The molecule has 0 radical (unpaired) electrons. The van der Waals surface area contributed by atoms with Gasteiger partial charge in [-0.15, -0.1) is 0 Å². The standard InChI is InChI=1S/C18H28O2/c1-7-13(3)11-15(18(4,5)6)14-9-10-16(19)17(12-14)20-8-2/h9-12,15,19H,7-8H2,1-6H3/b13-11-. The zero-order chi connectivity index (χ0) is 15.3. The molecule has 1 aromatic carbocycles. The van der Waals surface area contributed by atoms with Gasteiger partial charge in [0.2, 0.25) is 0 Å². The number of rotatable bonds is 5. The second-order valence-electron chi connectivity index (χ2n) is 6.37.